The molecule has 0 saturated carbocycles. The molecule has 1 aromatic heterocycles. The second kappa shape index (κ2) is 3.83. The number of fused-ring (bicyclic) bond motifs is 1. The fraction of sp³-hybridized carbons (Fsp3) is 0.231. The first-order valence-corrected chi connectivity index (χ1v) is 6.07. The summed E-state index contributed by atoms with van der Waals surface area (Å²) in [6.45, 7) is 2.47. The van der Waals surface area contributed by atoms with E-state index in [9.17, 15) is 0 Å². The predicted molar refractivity (Wildman–Crippen MR) is 64.4 cm³/mol. The van der Waals surface area contributed by atoms with Crippen LogP contribution in [0.1, 0.15) is 15.3 Å². The molecule has 82 valence electrons. The van der Waals surface area contributed by atoms with Gasteiger partial charge < -0.3 is 9.47 Å². The summed E-state index contributed by atoms with van der Waals surface area (Å²) in [5, 5.41) is 0. The number of rotatable bonds is 2. The maximum atomic E-state index is 5.49. The number of para-hydroxylation sites is 1. The van der Waals surface area contributed by atoms with Crippen molar-refractivity contribution >= 4 is 11.3 Å². The molecular weight excluding hydrogens is 220 g/mol. The van der Waals surface area contributed by atoms with Crippen LogP contribution in [-0.4, -0.2) is 6.79 Å². The Bertz CT molecular complexity index is 516. The lowest BCUT2D eigenvalue weighted by Gasteiger charge is -2.03. The van der Waals surface area contributed by atoms with Gasteiger partial charge in [0.05, 0.1) is 0 Å². The third kappa shape index (κ3) is 1.67. The van der Waals surface area contributed by atoms with Crippen LogP contribution in [0.3, 0.4) is 0 Å². The number of benzene rings is 1. The molecule has 2 heterocycles. The van der Waals surface area contributed by atoms with Crippen molar-refractivity contribution in [1.82, 2.24) is 0 Å². The van der Waals surface area contributed by atoms with Gasteiger partial charge in [-0.05, 0) is 25.1 Å². The summed E-state index contributed by atoms with van der Waals surface area (Å²) in [4.78, 5) is 2.71. The van der Waals surface area contributed by atoms with Gasteiger partial charge in [0.1, 0.15) is 0 Å². The Morgan fingerprint density at radius 3 is 2.94 bits per heavy atom. The van der Waals surface area contributed by atoms with Crippen molar-refractivity contribution in [2.45, 2.75) is 13.3 Å². The fourth-order valence-electron chi connectivity index (χ4n) is 1.90. The van der Waals surface area contributed by atoms with E-state index in [0.717, 1.165) is 17.9 Å². The molecule has 0 bridgehead atoms. The topological polar surface area (TPSA) is 18.5 Å². The largest absolute Gasteiger partial charge is 0.454 e. The first kappa shape index (κ1) is 9.73. The van der Waals surface area contributed by atoms with Crippen LogP contribution < -0.4 is 9.47 Å². The van der Waals surface area contributed by atoms with Crippen molar-refractivity contribution in [3.8, 4) is 11.5 Å². The number of thiophene rings is 1. The Hall–Kier alpha value is -1.48. The Labute approximate surface area is 98.4 Å². The van der Waals surface area contributed by atoms with E-state index in [-0.39, 0.29) is 0 Å². The number of ether oxygens (including phenoxy) is 2. The van der Waals surface area contributed by atoms with Crippen LogP contribution in [0.25, 0.3) is 0 Å². The van der Waals surface area contributed by atoms with Gasteiger partial charge >= 0.3 is 0 Å². The number of hydrogen-bond acceptors (Lipinski definition) is 3. The molecule has 0 amide bonds. The summed E-state index contributed by atoms with van der Waals surface area (Å²) in [7, 11) is 0. The average Bonchev–Trinajstić information content (AvgIpc) is 2.87. The normalized spacial score (nSPS) is 13.1. The molecule has 0 radical (unpaired) electrons. The van der Waals surface area contributed by atoms with Gasteiger partial charge in [-0.15, -0.1) is 11.3 Å². The number of hydrogen-bond donors (Lipinski definition) is 0. The summed E-state index contributed by atoms with van der Waals surface area (Å²) >= 11 is 1.83. The van der Waals surface area contributed by atoms with Crippen molar-refractivity contribution in [2.75, 3.05) is 6.79 Å². The molecule has 1 aromatic carbocycles. The van der Waals surface area contributed by atoms with Gasteiger partial charge in [-0.25, -0.2) is 0 Å². The minimum Gasteiger partial charge on any atom is -0.454 e. The molecule has 1 aliphatic rings. The van der Waals surface area contributed by atoms with Gasteiger partial charge in [0.25, 0.3) is 0 Å². The quantitative estimate of drug-likeness (QED) is 0.790. The van der Waals surface area contributed by atoms with Crippen LogP contribution in [0.2, 0.25) is 0 Å². The summed E-state index contributed by atoms with van der Waals surface area (Å²) in [5.74, 6) is 1.78. The van der Waals surface area contributed by atoms with E-state index in [4.69, 9.17) is 9.47 Å². The maximum Gasteiger partial charge on any atom is 0.231 e. The molecule has 1 aliphatic heterocycles. The molecular formula is C13H12O2S. The van der Waals surface area contributed by atoms with Crippen LogP contribution in [-0.2, 0) is 6.42 Å². The summed E-state index contributed by atoms with van der Waals surface area (Å²) in [6, 6.07) is 10.4. The summed E-state index contributed by atoms with van der Waals surface area (Å²) in [5.41, 5.74) is 1.21. The fourth-order valence-corrected chi connectivity index (χ4v) is 2.81. The van der Waals surface area contributed by atoms with E-state index in [1.54, 1.807) is 0 Å². The first-order valence-electron chi connectivity index (χ1n) is 5.26. The molecule has 0 unspecified atom stereocenters. The molecule has 0 saturated heterocycles. The van der Waals surface area contributed by atoms with E-state index in [0.29, 0.717) is 6.79 Å². The van der Waals surface area contributed by atoms with Crippen LogP contribution in [0.15, 0.2) is 30.3 Å². The monoisotopic (exact) mass is 232 g/mol. The molecule has 0 atom stereocenters. The molecule has 3 rings (SSSR count). The van der Waals surface area contributed by atoms with E-state index in [1.807, 2.05) is 23.5 Å². The predicted octanol–water partition coefficient (Wildman–Crippen LogP) is 3.38. The lowest BCUT2D eigenvalue weighted by Crippen LogP contribution is -1.94. The van der Waals surface area contributed by atoms with Gasteiger partial charge in [-0.2, -0.15) is 0 Å². The third-order valence-corrected chi connectivity index (χ3v) is 3.64. The third-order valence-electron chi connectivity index (χ3n) is 2.64. The average molecular weight is 232 g/mol. The Morgan fingerprint density at radius 2 is 2.12 bits per heavy atom. The molecule has 0 fully saturated rings. The molecule has 2 aromatic rings. The zero-order valence-corrected chi connectivity index (χ0v) is 9.84. The minimum absolute atomic E-state index is 0.343. The minimum atomic E-state index is 0.343. The molecule has 3 heteroatoms. The second-order valence-corrected chi connectivity index (χ2v) is 5.21. The second-order valence-electron chi connectivity index (χ2n) is 3.84. The van der Waals surface area contributed by atoms with E-state index in [2.05, 4.69) is 25.1 Å². The maximum absolute atomic E-state index is 5.49. The summed E-state index contributed by atoms with van der Waals surface area (Å²) < 4.78 is 10.9. The smallest absolute Gasteiger partial charge is 0.231 e. The lowest BCUT2D eigenvalue weighted by molar-refractivity contribution is 0.173. The van der Waals surface area contributed by atoms with Crippen LogP contribution in [0.4, 0.5) is 0 Å². The highest BCUT2D eigenvalue weighted by atomic mass is 32.1. The van der Waals surface area contributed by atoms with Crippen molar-refractivity contribution < 1.29 is 9.47 Å². The standard InChI is InChI=1S/C13H12O2S/c1-9-5-6-11(16-9)7-10-3-2-4-12-13(10)15-8-14-12/h2-6H,7-8H2,1H3. The Kier molecular flexibility index (Phi) is 2.33. The van der Waals surface area contributed by atoms with Crippen molar-refractivity contribution in [2.24, 2.45) is 0 Å². The van der Waals surface area contributed by atoms with Crippen LogP contribution >= 0.6 is 11.3 Å². The van der Waals surface area contributed by atoms with E-state index in [1.165, 1.54) is 15.3 Å². The number of aryl methyl sites for hydroxylation is 1. The van der Waals surface area contributed by atoms with Crippen molar-refractivity contribution in [3.05, 3.63) is 45.6 Å². The highest BCUT2D eigenvalue weighted by Gasteiger charge is 2.17. The molecule has 16 heavy (non-hydrogen) atoms. The Morgan fingerprint density at radius 1 is 1.19 bits per heavy atom. The van der Waals surface area contributed by atoms with Gasteiger partial charge in [0.2, 0.25) is 6.79 Å². The molecule has 0 aliphatic carbocycles. The van der Waals surface area contributed by atoms with Crippen LogP contribution in [0, 0.1) is 6.92 Å². The Balaban J connectivity index is 1.93. The van der Waals surface area contributed by atoms with Gasteiger partial charge in [-0.1, -0.05) is 12.1 Å². The summed E-state index contributed by atoms with van der Waals surface area (Å²) in [6.07, 6.45) is 0.922. The SMILES string of the molecule is Cc1ccc(Cc2cccc3c2OCO3)s1. The van der Waals surface area contributed by atoms with Crippen LogP contribution in [0.5, 0.6) is 11.5 Å². The van der Waals surface area contributed by atoms with Crippen molar-refractivity contribution in [3.63, 3.8) is 0 Å². The highest BCUT2D eigenvalue weighted by molar-refractivity contribution is 7.11. The molecule has 2 nitrogen and oxygen atoms in total. The lowest BCUT2D eigenvalue weighted by atomic mass is 10.1. The molecule has 0 N–H and O–H groups in total. The van der Waals surface area contributed by atoms with E-state index >= 15 is 0 Å². The van der Waals surface area contributed by atoms with Gasteiger partial charge in [-0.3, -0.25) is 0 Å². The van der Waals surface area contributed by atoms with E-state index < -0.39 is 0 Å². The zero-order chi connectivity index (χ0) is 11.0. The molecule has 0 spiro atoms. The zero-order valence-electron chi connectivity index (χ0n) is 9.03. The van der Waals surface area contributed by atoms with Crippen molar-refractivity contribution in [1.29, 1.82) is 0 Å². The highest BCUT2D eigenvalue weighted by Crippen LogP contribution is 2.36. The van der Waals surface area contributed by atoms with Gasteiger partial charge in [0.15, 0.2) is 11.5 Å². The first-order chi connectivity index (χ1) is 7.83. The van der Waals surface area contributed by atoms with Gasteiger partial charge in [0, 0.05) is 21.7 Å².